The number of aromatic hydroxyl groups is 4. The minimum Gasteiger partial charge on any atom is -0.508 e. The average molecular weight is 1030 g/mol. The zero-order valence-corrected chi connectivity index (χ0v) is 34.7. The van der Waals surface area contributed by atoms with Gasteiger partial charge < -0.3 is 50.0 Å². The molecule has 4 aliphatic rings. The highest BCUT2D eigenvalue weighted by Crippen LogP contribution is 2.60. The maximum absolute atomic E-state index is 14.4. The van der Waals surface area contributed by atoms with Gasteiger partial charge in [0.1, 0.15) is 49.9 Å². The van der Waals surface area contributed by atoms with Crippen molar-refractivity contribution >= 4 is 80.3 Å². The summed E-state index contributed by atoms with van der Waals surface area (Å²) in [7, 11) is 0. The monoisotopic (exact) mass is 1030 g/mol. The fraction of sp³-hybridized carbons (Fsp3) is 0.0909. The van der Waals surface area contributed by atoms with E-state index < -0.39 is 38.9 Å². The van der Waals surface area contributed by atoms with Gasteiger partial charge in [-0.25, -0.2) is 9.59 Å². The highest BCUT2D eigenvalue weighted by molar-refractivity contribution is 14.1. The van der Waals surface area contributed by atoms with Crippen molar-refractivity contribution in [2.75, 3.05) is 15.1 Å². The van der Waals surface area contributed by atoms with Crippen molar-refractivity contribution in [3.8, 4) is 46.0 Å². The number of carbonyl (C=O) groups excluding carboxylic acids is 4. The van der Waals surface area contributed by atoms with Crippen LogP contribution in [0.2, 0.25) is 0 Å². The summed E-state index contributed by atoms with van der Waals surface area (Å²) < 4.78 is 23.6. The SMILES string of the molecule is O=C(CI)Nc1cc2c(cc1C(I)C(=O)Nc1cccc3c1C(=O)OC31c3ccc(O)cc3Oc3cc(O)ccc31)C(=O)OC21c2ccc(O)cc2Oc2cc(O)ccc21. The number of benzene rings is 6. The molecule has 10 rings (SSSR count). The number of amides is 2. The van der Waals surface area contributed by atoms with Gasteiger partial charge in [-0.2, -0.15) is 0 Å². The number of alkyl halides is 2. The van der Waals surface area contributed by atoms with Gasteiger partial charge >= 0.3 is 11.9 Å². The average Bonchev–Trinajstić information content (AvgIpc) is 3.67. The smallest absolute Gasteiger partial charge is 0.342 e. The standard InChI is InChI=1S/C44H26I2N2O12/c45-18-37(53)47-32-17-30-23(41(55)59-44(30)27-10-6-21(51)14-35(27)58-36-15-22(52)7-11-28(36)44)16-24(32)39(46)40(54)48-31-3-1-2-29-38(31)42(56)60-43(29)25-8-4-19(49)12-33(25)57-34-13-20(50)5-9-26(34)43/h1-17,39,49-52H,18H2,(H,47,53)(H,48,54). The Morgan fingerprint density at radius 3 is 1.57 bits per heavy atom. The summed E-state index contributed by atoms with van der Waals surface area (Å²) in [6, 6.07) is 25.4. The van der Waals surface area contributed by atoms with E-state index in [2.05, 4.69) is 10.6 Å². The number of ether oxygens (including phenoxy) is 4. The Kier molecular flexibility index (Phi) is 8.48. The normalized spacial score (nSPS) is 15.8. The number of hydrogen-bond donors (Lipinski definition) is 6. The van der Waals surface area contributed by atoms with Gasteiger partial charge in [-0.1, -0.05) is 57.3 Å². The van der Waals surface area contributed by atoms with E-state index in [4.69, 9.17) is 18.9 Å². The molecule has 0 saturated heterocycles. The Bertz CT molecular complexity index is 2850. The molecule has 60 heavy (non-hydrogen) atoms. The van der Waals surface area contributed by atoms with E-state index >= 15 is 0 Å². The van der Waals surface area contributed by atoms with Crippen LogP contribution in [0.25, 0.3) is 0 Å². The van der Waals surface area contributed by atoms with E-state index in [0.717, 1.165) is 0 Å². The number of phenols is 4. The van der Waals surface area contributed by atoms with Crippen LogP contribution < -0.4 is 20.1 Å². The zero-order chi connectivity index (χ0) is 41.8. The molecule has 298 valence electrons. The number of fused-ring (bicyclic) bond motifs is 12. The molecular weight excluding hydrogens is 1000 g/mol. The second kappa shape index (κ2) is 13.5. The lowest BCUT2D eigenvalue weighted by Crippen LogP contribution is -2.33. The van der Waals surface area contributed by atoms with Crippen LogP contribution >= 0.6 is 45.2 Å². The molecule has 1 atom stereocenters. The second-order valence-electron chi connectivity index (χ2n) is 14.3. The van der Waals surface area contributed by atoms with Gasteiger partial charge in [0.25, 0.3) is 0 Å². The van der Waals surface area contributed by atoms with E-state index in [1.54, 1.807) is 48.5 Å². The Morgan fingerprint density at radius 1 is 0.583 bits per heavy atom. The van der Waals surface area contributed by atoms with Gasteiger partial charge in [0.15, 0.2) is 11.2 Å². The second-order valence-corrected chi connectivity index (χ2v) is 16.3. The molecule has 0 radical (unpaired) electrons. The predicted molar refractivity (Wildman–Crippen MR) is 229 cm³/mol. The molecule has 6 aromatic carbocycles. The van der Waals surface area contributed by atoms with E-state index in [9.17, 15) is 39.6 Å². The van der Waals surface area contributed by atoms with Crippen LogP contribution in [0.5, 0.6) is 46.0 Å². The number of phenolic OH excluding ortho intramolecular Hbond substituents is 4. The lowest BCUT2D eigenvalue weighted by molar-refractivity contribution is -0.116. The Hall–Kier alpha value is -6.54. The minimum absolute atomic E-state index is 0.0567. The van der Waals surface area contributed by atoms with Crippen LogP contribution in [0.15, 0.2) is 103 Å². The number of carbonyl (C=O) groups is 4. The van der Waals surface area contributed by atoms with Crippen molar-refractivity contribution in [2.24, 2.45) is 0 Å². The van der Waals surface area contributed by atoms with Crippen molar-refractivity contribution in [3.63, 3.8) is 0 Å². The molecule has 0 aromatic heterocycles. The van der Waals surface area contributed by atoms with Gasteiger partial charge in [-0.05, 0) is 72.3 Å². The summed E-state index contributed by atoms with van der Waals surface area (Å²) in [4.78, 5) is 55.5. The number of rotatable bonds is 5. The number of nitrogens with one attached hydrogen (secondary N) is 2. The fourth-order valence-electron chi connectivity index (χ4n) is 8.45. The van der Waals surface area contributed by atoms with Crippen molar-refractivity contribution in [3.05, 3.63) is 153 Å². The number of anilines is 2. The van der Waals surface area contributed by atoms with Gasteiger partial charge in [0, 0.05) is 63.3 Å². The molecule has 4 heterocycles. The highest BCUT2D eigenvalue weighted by Gasteiger charge is 2.56. The first kappa shape index (κ1) is 37.7. The van der Waals surface area contributed by atoms with E-state index in [0.29, 0.717) is 33.4 Å². The van der Waals surface area contributed by atoms with Crippen LogP contribution in [0.4, 0.5) is 11.4 Å². The van der Waals surface area contributed by atoms with Crippen molar-refractivity contribution < 1.29 is 58.6 Å². The first-order chi connectivity index (χ1) is 28.8. The molecule has 6 aromatic rings. The molecule has 2 spiro atoms. The quantitative estimate of drug-likeness (QED) is 0.0550. The molecule has 0 bridgehead atoms. The third-order valence-electron chi connectivity index (χ3n) is 10.9. The third kappa shape index (κ3) is 5.42. The lowest BCUT2D eigenvalue weighted by atomic mass is 9.77. The van der Waals surface area contributed by atoms with Crippen LogP contribution in [0, 0.1) is 0 Å². The van der Waals surface area contributed by atoms with Crippen molar-refractivity contribution in [1.82, 2.24) is 0 Å². The van der Waals surface area contributed by atoms with Crippen LogP contribution in [-0.2, 0) is 30.3 Å². The fourth-order valence-corrected chi connectivity index (χ4v) is 9.31. The lowest BCUT2D eigenvalue weighted by Gasteiger charge is -2.36. The van der Waals surface area contributed by atoms with Gasteiger partial charge in [0.2, 0.25) is 11.8 Å². The maximum atomic E-state index is 14.4. The van der Waals surface area contributed by atoms with Gasteiger partial charge in [0.05, 0.1) is 21.2 Å². The molecule has 6 N–H and O–H groups in total. The zero-order valence-electron chi connectivity index (χ0n) is 30.4. The summed E-state index contributed by atoms with van der Waals surface area (Å²) >= 11 is 3.80. The number of halogens is 2. The van der Waals surface area contributed by atoms with Crippen LogP contribution in [-0.4, -0.2) is 48.6 Å². The maximum Gasteiger partial charge on any atom is 0.342 e. The number of hydrogen-bond acceptors (Lipinski definition) is 12. The topological polar surface area (TPSA) is 210 Å². The van der Waals surface area contributed by atoms with Gasteiger partial charge in [-0.15, -0.1) is 0 Å². The molecule has 0 saturated carbocycles. The molecule has 4 aliphatic heterocycles. The molecule has 0 aliphatic carbocycles. The van der Waals surface area contributed by atoms with Crippen LogP contribution in [0.3, 0.4) is 0 Å². The summed E-state index contributed by atoms with van der Waals surface area (Å²) in [5.41, 5.74) is -0.246. The predicted octanol–water partition coefficient (Wildman–Crippen LogP) is 8.13. The summed E-state index contributed by atoms with van der Waals surface area (Å²) in [6.45, 7) is 0. The van der Waals surface area contributed by atoms with Gasteiger partial charge in [-0.3, -0.25) is 9.59 Å². The highest BCUT2D eigenvalue weighted by atomic mass is 127. The molecule has 1 unspecified atom stereocenters. The Balaban J connectivity index is 1.07. The van der Waals surface area contributed by atoms with E-state index in [1.165, 1.54) is 54.6 Å². The largest absolute Gasteiger partial charge is 0.508 e. The first-order valence-electron chi connectivity index (χ1n) is 18.1. The van der Waals surface area contributed by atoms with E-state index in [-0.39, 0.29) is 78.5 Å². The molecule has 16 heteroatoms. The first-order valence-corrected chi connectivity index (χ1v) is 20.9. The summed E-state index contributed by atoms with van der Waals surface area (Å²) in [5, 5.41) is 47.1. The van der Waals surface area contributed by atoms with E-state index in [1.807, 2.05) is 45.2 Å². The summed E-state index contributed by atoms with van der Waals surface area (Å²) in [5.74, 6) is -2.21. The van der Waals surface area contributed by atoms with Crippen molar-refractivity contribution in [2.45, 2.75) is 15.1 Å². The van der Waals surface area contributed by atoms with Crippen LogP contribution in [0.1, 0.15) is 63.6 Å². The van der Waals surface area contributed by atoms with Crippen molar-refractivity contribution in [1.29, 1.82) is 0 Å². The Labute approximate surface area is 366 Å². The molecule has 0 fully saturated rings. The Morgan fingerprint density at radius 2 is 1.07 bits per heavy atom. The molecule has 14 nitrogen and oxygen atoms in total. The number of esters is 2. The third-order valence-corrected chi connectivity index (χ3v) is 12.8. The molecule has 2 amide bonds. The molecular formula is C44H26I2N2O12. The summed E-state index contributed by atoms with van der Waals surface area (Å²) in [6.07, 6.45) is 0. The minimum atomic E-state index is -1.64.